The molecule has 29 heavy (non-hydrogen) atoms. The number of amides is 1. The van der Waals surface area contributed by atoms with E-state index in [2.05, 4.69) is 10.4 Å². The van der Waals surface area contributed by atoms with Crippen LogP contribution in [0.25, 0.3) is 0 Å². The van der Waals surface area contributed by atoms with Gasteiger partial charge in [0.2, 0.25) is 0 Å². The Hall–Kier alpha value is -2.87. The van der Waals surface area contributed by atoms with Gasteiger partial charge >= 0.3 is 12.1 Å². The number of carbonyl (C=O) groups is 2. The van der Waals surface area contributed by atoms with Crippen LogP contribution in [0.2, 0.25) is 0 Å². The number of piperazine rings is 1. The second-order valence-electron chi connectivity index (χ2n) is 7.04. The van der Waals surface area contributed by atoms with E-state index in [1.54, 1.807) is 22.6 Å². The van der Waals surface area contributed by atoms with Crippen molar-refractivity contribution in [3.8, 4) is 0 Å². The predicted octanol–water partition coefficient (Wildman–Crippen LogP) is 2.37. The smallest absolute Gasteiger partial charge is 0.410 e. The van der Waals surface area contributed by atoms with E-state index >= 15 is 0 Å². The Labute approximate surface area is 170 Å². The van der Waals surface area contributed by atoms with Gasteiger partial charge in [-0.25, -0.2) is 9.59 Å². The lowest BCUT2D eigenvalue weighted by atomic mass is 10.1. The first-order chi connectivity index (χ1) is 14.1. The van der Waals surface area contributed by atoms with Gasteiger partial charge in [0.25, 0.3) is 0 Å². The molecular weight excluding hydrogens is 372 g/mol. The Morgan fingerprint density at radius 3 is 2.79 bits per heavy atom. The molecule has 1 N–H and O–H groups in total. The molecule has 1 aromatic heterocycles. The summed E-state index contributed by atoms with van der Waals surface area (Å²) in [4.78, 5) is 26.0. The minimum atomic E-state index is -0.405. The first-order valence-electron chi connectivity index (χ1n) is 9.97. The second kappa shape index (κ2) is 10.1. The van der Waals surface area contributed by atoms with Crippen molar-refractivity contribution in [2.75, 3.05) is 26.2 Å². The van der Waals surface area contributed by atoms with Crippen molar-refractivity contribution in [3.63, 3.8) is 0 Å². The van der Waals surface area contributed by atoms with Gasteiger partial charge in [0.15, 0.2) is 5.69 Å². The van der Waals surface area contributed by atoms with Gasteiger partial charge in [0, 0.05) is 37.9 Å². The molecule has 0 saturated carbocycles. The van der Waals surface area contributed by atoms with E-state index in [-0.39, 0.29) is 18.7 Å². The fourth-order valence-corrected chi connectivity index (χ4v) is 3.31. The standard InChI is InChI=1S/C21H28N4O4/c1-3-28-20(26)19-13-16(2)25(23-19)11-9-18-14-24(12-10-22-18)21(27)29-15-17-7-5-4-6-8-17/h4-8,13,18,22H,3,9-12,14-15H2,1-2H3/t18-/m1/s1. The monoisotopic (exact) mass is 400 g/mol. The Bertz CT molecular complexity index is 821. The number of ether oxygens (including phenoxy) is 2. The highest BCUT2D eigenvalue weighted by molar-refractivity contribution is 5.87. The maximum atomic E-state index is 12.4. The van der Waals surface area contributed by atoms with Gasteiger partial charge in [-0.1, -0.05) is 30.3 Å². The summed E-state index contributed by atoms with van der Waals surface area (Å²) < 4.78 is 12.2. The summed E-state index contributed by atoms with van der Waals surface area (Å²) in [7, 11) is 0. The van der Waals surface area contributed by atoms with Crippen LogP contribution in [0.4, 0.5) is 4.79 Å². The van der Waals surface area contributed by atoms with E-state index in [4.69, 9.17) is 9.47 Å². The van der Waals surface area contributed by atoms with Crippen molar-refractivity contribution >= 4 is 12.1 Å². The molecule has 8 nitrogen and oxygen atoms in total. The molecule has 2 heterocycles. The first kappa shape index (κ1) is 20.9. The molecule has 1 aromatic carbocycles. The lowest BCUT2D eigenvalue weighted by molar-refractivity contribution is 0.0518. The third-order valence-electron chi connectivity index (χ3n) is 4.87. The van der Waals surface area contributed by atoms with E-state index in [0.29, 0.717) is 31.9 Å². The molecule has 1 atom stereocenters. The SMILES string of the molecule is CCOC(=O)c1cc(C)n(CC[C@@H]2CN(C(=O)OCc3ccccc3)CCN2)n1. The summed E-state index contributed by atoms with van der Waals surface area (Å²) in [6.45, 7) is 6.86. The molecule has 1 fully saturated rings. The molecule has 0 unspecified atom stereocenters. The quantitative estimate of drug-likeness (QED) is 0.718. The largest absolute Gasteiger partial charge is 0.461 e. The number of hydrogen-bond donors (Lipinski definition) is 1. The number of aryl methyl sites for hydroxylation is 2. The number of nitrogens with zero attached hydrogens (tertiary/aromatic N) is 3. The van der Waals surface area contributed by atoms with Crippen LogP contribution < -0.4 is 5.32 Å². The summed E-state index contributed by atoms with van der Waals surface area (Å²) in [6.07, 6.45) is 0.494. The van der Waals surface area contributed by atoms with Gasteiger partial charge in [-0.2, -0.15) is 5.10 Å². The molecule has 1 aliphatic heterocycles. The zero-order valence-corrected chi connectivity index (χ0v) is 17.0. The van der Waals surface area contributed by atoms with Crippen molar-refractivity contribution in [2.24, 2.45) is 0 Å². The predicted molar refractivity (Wildman–Crippen MR) is 108 cm³/mol. The van der Waals surface area contributed by atoms with E-state index in [1.165, 1.54) is 0 Å². The highest BCUT2D eigenvalue weighted by atomic mass is 16.6. The minimum Gasteiger partial charge on any atom is -0.461 e. The fourth-order valence-electron chi connectivity index (χ4n) is 3.31. The number of esters is 1. The number of hydrogen-bond acceptors (Lipinski definition) is 6. The average Bonchev–Trinajstić information content (AvgIpc) is 3.12. The third kappa shape index (κ3) is 5.80. The lowest BCUT2D eigenvalue weighted by Crippen LogP contribution is -2.53. The molecule has 1 aliphatic rings. The highest BCUT2D eigenvalue weighted by Crippen LogP contribution is 2.11. The van der Waals surface area contributed by atoms with Crippen LogP contribution in [0.3, 0.4) is 0 Å². The molecule has 156 valence electrons. The van der Waals surface area contributed by atoms with Crippen LogP contribution in [-0.4, -0.2) is 59.0 Å². The highest BCUT2D eigenvalue weighted by Gasteiger charge is 2.24. The third-order valence-corrected chi connectivity index (χ3v) is 4.87. The Balaban J connectivity index is 1.48. The number of aromatic nitrogens is 2. The summed E-state index contributed by atoms with van der Waals surface area (Å²) >= 11 is 0. The van der Waals surface area contributed by atoms with Gasteiger partial charge in [0.05, 0.1) is 6.61 Å². The molecule has 1 saturated heterocycles. The summed E-state index contributed by atoms with van der Waals surface area (Å²) in [5.74, 6) is -0.405. The van der Waals surface area contributed by atoms with Crippen LogP contribution in [0.1, 0.15) is 35.1 Å². The van der Waals surface area contributed by atoms with Crippen molar-refractivity contribution in [1.82, 2.24) is 20.0 Å². The Morgan fingerprint density at radius 2 is 2.03 bits per heavy atom. The van der Waals surface area contributed by atoms with Gasteiger partial charge in [-0.3, -0.25) is 4.68 Å². The van der Waals surface area contributed by atoms with Crippen molar-refractivity contribution in [3.05, 3.63) is 53.3 Å². The summed E-state index contributed by atoms with van der Waals surface area (Å²) in [5.41, 5.74) is 2.20. The molecular formula is C21H28N4O4. The average molecular weight is 400 g/mol. The molecule has 3 rings (SSSR count). The zero-order chi connectivity index (χ0) is 20.6. The van der Waals surface area contributed by atoms with Crippen LogP contribution in [-0.2, 0) is 22.6 Å². The zero-order valence-electron chi connectivity index (χ0n) is 17.0. The van der Waals surface area contributed by atoms with Crippen LogP contribution >= 0.6 is 0 Å². The molecule has 0 aliphatic carbocycles. The molecule has 0 radical (unpaired) electrons. The topological polar surface area (TPSA) is 85.7 Å². The number of carbonyl (C=O) groups excluding carboxylic acids is 2. The van der Waals surface area contributed by atoms with Crippen LogP contribution in [0, 0.1) is 6.92 Å². The number of nitrogens with one attached hydrogen (secondary N) is 1. The van der Waals surface area contributed by atoms with Gasteiger partial charge < -0.3 is 19.7 Å². The van der Waals surface area contributed by atoms with E-state index in [0.717, 1.165) is 24.2 Å². The van der Waals surface area contributed by atoms with Crippen molar-refractivity contribution in [1.29, 1.82) is 0 Å². The first-order valence-corrected chi connectivity index (χ1v) is 9.97. The van der Waals surface area contributed by atoms with Crippen LogP contribution in [0.15, 0.2) is 36.4 Å². The van der Waals surface area contributed by atoms with Gasteiger partial charge in [-0.05, 0) is 31.9 Å². The normalized spacial score (nSPS) is 16.5. The Morgan fingerprint density at radius 1 is 1.24 bits per heavy atom. The van der Waals surface area contributed by atoms with Crippen molar-refractivity contribution < 1.29 is 19.1 Å². The minimum absolute atomic E-state index is 0.141. The van der Waals surface area contributed by atoms with Crippen molar-refractivity contribution in [2.45, 2.75) is 39.5 Å². The summed E-state index contributed by atoms with van der Waals surface area (Å²) in [6, 6.07) is 11.5. The molecule has 0 bridgehead atoms. The Kier molecular flexibility index (Phi) is 7.24. The van der Waals surface area contributed by atoms with Gasteiger partial charge in [-0.15, -0.1) is 0 Å². The molecule has 8 heteroatoms. The fraction of sp³-hybridized carbons (Fsp3) is 0.476. The number of benzene rings is 1. The number of rotatable bonds is 7. The molecule has 0 spiro atoms. The lowest BCUT2D eigenvalue weighted by Gasteiger charge is -2.33. The van der Waals surface area contributed by atoms with E-state index < -0.39 is 5.97 Å². The maximum absolute atomic E-state index is 12.4. The second-order valence-corrected chi connectivity index (χ2v) is 7.04. The van der Waals surface area contributed by atoms with Crippen LogP contribution in [0.5, 0.6) is 0 Å². The summed E-state index contributed by atoms with van der Waals surface area (Å²) in [5, 5.41) is 7.77. The van der Waals surface area contributed by atoms with E-state index in [9.17, 15) is 9.59 Å². The van der Waals surface area contributed by atoms with Gasteiger partial charge in [0.1, 0.15) is 6.61 Å². The van der Waals surface area contributed by atoms with E-state index in [1.807, 2.05) is 37.3 Å². The molecule has 1 amide bonds. The molecule has 2 aromatic rings. The maximum Gasteiger partial charge on any atom is 0.410 e.